The molecule has 1 saturated carbocycles. The third-order valence-corrected chi connectivity index (χ3v) is 8.99. The van der Waals surface area contributed by atoms with Crippen molar-refractivity contribution in [3.05, 3.63) is 47.9 Å². The van der Waals surface area contributed by atoms with Gasteiger partial charge in [0.05, 0.1) is 17.6 Å². The predicted molar refractivity (Wildman–Crippen MR) is 145 cm³/mol. The minimum absolute atomic E-state index is 0.0430. The lowest BCUT2D eigenvalue weighted by atomic mass is 9.67. The minimum Gasteiger partial charge on any atom is -0.477 e. The molecule has 0 spiro atoms. The average molecular weight is 577 g/mol. The zero-order valence-corrected chi connectivity index (χ0v) is 23.2. The van der Waals surface area contributed by atoms with Crippen LogP contribution in [0.3, 0.4) is 0 Å². The number of carbonyl (C=O) groups is 2. The number of alkyl halides is 3. The van der Waals surface area contributed by atoms with Gasteiger partial charge in [-0.25, -0.2) is 9.37 Å². The van der Waals surface area contributed by atoms with Crippen LogP contribution in [0, 0.1) is 17.2 Å². The molecular formula is C30H36F4N4O3. The van der Waals surface area contributed by atoms with Crippen LogP contribution in [0.1, 0.15) is 62.2 Å². The van der Waals surface area contributed by atoms with Crippen molar-refractivity contribution in [2.45, 2.75) is 63.6 Å². The van der Waals surface area contributed by atoms with Crippen molar-refractivity contribution in [3.8, 4) is 17.0 Å². The fourth-order valence-corrected chi connectivity index (χ4v) is 5.99. The van der Waals surface area contributed by atoms with E-state index < -0.39 is 34.8 Å². The summed E-state index contributed by atoms with van der Waals surface area (Å²) in [5.74, 6) is -1.10. The third kappa shape index (κ3) is 6.40. The largest absolute Gasteiger partial charge is 0.477 e. The predicted octanol–water partition coefficient (Wildman–Crippen LogP) is 5.11. The van der Waals surface area contributed by atoms with Crippen molar-refractivity contribution >= 4 is 11.8 Å². The summed E-state index contributed by atoms with van der Waals surface area (Å²) in [6.07, 6.45) is 1.42. The number of hydrogen-bond donors (Lipinski definition) is 2. The summed E-state index contributed by atoms with van der Waals surface area (Å²) in [5, 5.41) is 5.44. The maximum atomic E-state index is 14.9. The minimum atomic E-state index is -4.14. The van der Waals surface area contributed by atoms with Crippen LogP contribution in [0.15, 0.2) is 36.5 Å². The average Bonchev–Trinajstić information content (AvgIpc) is 3.37. The molecule has 2 aliphatic heterocycles. The summed E-state index contributed by atoms with van der Waals surface area (Å²) in [7, 11) is 0. The number of hydrogen-bond acceptors (Lipinski definition) is 6. The molecule has 2 aromatic rings. The van der Waals surface area contributed by atoms with Crippen molar-refractivity contribution in [2.24, 2.45) is 11.3 Å². The first kappa shape index (κ1) is 29.4. The van der Waals surface area contributed by atoms with Crippen LogP contribution in [0.2, 0.25) is 0 Å². The van der Waals surface area contributed by atoms with Gasteiger partial charge in [0, 0.05) is 35.5 Å². The molecule has 1 aromatic carbocycles. The van der Waals surface area contributed by atoms with E-state index in [0.29, 0.717) is 50.5 Å². The number of aromatic nitrogens is 1. The molecule has 41 heavy (non-hydrogen) atoms. The van der Waals surface area contributed by atoms with Crippen LogP contribution in [0.4, 0.5) is 17.6 Å². The van der Waals surface area contributed by atoms with Gasteiger partial charge < -0.3 is 15.0 Å². The Bertz CT molecular complexity index is 1250. The van der Waals surface area contributed by atoms with Crippen LogP contribution in [-0.4, -0.2) is 66.2 Å². The lowest BCUT2D eigenvalue weighted by Gasteiger charge is -2.47. The number of amides is 2. The summed E-state index contributed by atoms with van der Waals surface area (Å²) >= 11 is 0. The molecule has 3 aliphatic rings. The lowest BCUT2D eigenvalue weighted by Crippen LogP contribution is -2.53. The van der Waals surface area contributed by atoms with Gasteiger partial charge in [-0.2, -0.15) is 13.2 Å². The standard InChI is InChI=1S/C30H36F4N4O3/c1-28(10-3-13-36-28)27(40)37-26(39)21-4-6-23(24(31)16-21)22-5-7-25(35-17-22)41-18-20-8-14-38(15-9-20)19-29(11-2-12-29)30(32,33)34/h4-7,16-17,20,36H,2-3,8-15,18-19H2,1H3,(H,37,39,40)/t28-/m0/s1. The van der Waals surface area contributed by atoms with Crippen molar-refractivity contribution in [1.82, 2.24) is 20.5 Å². The lowest BCUT2D eigenvalue weighted by molar-refractivity contribution is -0.256. The molecule has 7 nitrogen and oxygen atoms in total. The fraction of sp³-hybridized carbons (Fsp3) is 0.567. The molecule has 11 heteroatoms. The van der Waals surface area contributed by atoms with Crippen molar-refractivity contribution in [2.75, 3.05) is 32.8 Å². The molecule has 0 radical (unpaired) electrons. The highest BCUT2D eigenvalue weighted by Crippen LogP contribution is 2.53. The molecule has 0 bridgehead atoms. The van der Waals surface area contributed by atoms with Crippen LogP contribution < -0.4 is 15.4 Å². The Balaban J connectivity index is 1.10. The number of rotatable bonds is 8. The maximum absolute atomic E-state index is 14.9. The highest BCUT2D eigenvalue weighted by atomic mass is 19.4. The number of ether oxygens (including phenoxy) is 1. The molecule has 2 amide bonds. The van der Waals surface area contributed by atoms with E-state index >= 15 is 0 Å². The van der Waals surface area contributed by atoms with Crippen molar-refractivity contribution in [3.63, 3.8) is 0 Å². The first-order chi connectivity index (χ1) is 19.5. The molecule has 2 saturated heterocycles. The molecule has 3 heterocycles. The number of piperidine rings is 1. The van der Waals surface area contributed by atoms with E-state index in [1.165, 1.54) is 18.3 Å². The first-order valence-corrected chi connectivity index (χ1v) is 14.3. The van der Waals surface area contributed by atoms with Gasteiger partial charge in [-0.3, -0.25) is 14.9 Å². The Morgan fingerprint density at radius 1 is 1.12 bits per heavy atom. The highest BCUT2D eigenvalue weighted by molar-refractivity contribution is 6.07. The number of pyridine rings is 1. The van der Waals surface area contributed by atoms with Gasteiger partial charge in [0.15, 0.2) is 0 Å². The molecule has 1 aromatic heterocycles. The van der Waals surface area contributed by atoms with Crippen molar-refractivity contribution < 1.29 is 31.9 Å². The number of imide groups is 1. The Morgan fingerprint density at radius 3 is 2.44 bits per heavy atom. The van der Waals surface area contributed by atoms with Gasteiger partial charge in [-0.1, -0.05) is 12.5 Å². The number of benzene rings is 1. The molecule has 2 N–H and O–H groups in total. The van der Waals surface area contributed by atoms with Gasteiger partial charge in [0.2, 0.25) is 11.8 Å². The van der Waals surface area contributed by atoms with E-state index in [9.17, 15) is 27.2 Å². The first-order valence-electron chi connectivity index (χ1n) is 14.3. The molecule has 1 aliphatic carbocycles. The maximum Gasteiger partial charge on any atom is 0.395 e. The highest BCUT2D eigenvalue weighted by Gasteiger charge is 2.58. The Morgan fingerprint density at radius 2 is 1.88 bits per heavy atom. The van der Waals surface area contributed by atoms with E-state index in [2.05, 4.69) is 15.6 Å². The monoisotopic (exact) mass is 576 g/mol. The van der Waals surface area contributed by atoms with Crippen LogP contribution in [0.5, 0.6) is 5.88 Å². The van der Waals surface area contributed by atoms with Gasteiger partial charge in [0.1, 0.15) is 5.82 Å². The Labute approximate surface area is 237 Å². The van der Waals surface area contributed by atoms with Crippen LogP contribution >= 0.6 is 0 Å². The number of likely N-dealkylation sites (tertiary alicyclic amines) is 1. The van der Waals surface area contributed by atoms with E-state index in [-0.39, 0.29) is 36.4 Å². The van der Waals surface area contributed by atoms with Gasteiger partial charge >= 0.3 is 6.18 Å². The molecular weight excluding hydrogens is 540 g/mol. The zero-order valence-electron chi connectivity index (χ0n) is 23.2. The van der Waals surface area contributed by atoms with E-state index in [4.69, 9.17) is 4.74 Å². The third-order valence-electron chi connectivity index (χ3n) is 8.99. The van der Waals surface area contributed by atoms with Crippen LogP contribution in [0.25, 0.3) is 11.1 Å². The second kappa shape index (κ2) is 11.7. The van der Waals surface area contributed by atoms with E-state index in [0.717, 1.165) is 25.3 Å². The van der Waals surface area contributed by atoms with E-state index in [1.807, 2.05) is 4.90 Å². The summed E-state index contributed by atoms with van der Waals surface area (Å²) in [4.78, 5) is 31.2. The van der Waals surface area contributed by atoms with Crippen LogP contribution in [-0.2, 0) is 4.79 Å². The normalized spacial score (nSPS) is 23.1. The summed E-state index contributed by atoms with van der Waals surface area (Å²) < 4.78 is 61.3. The Hall–Kier alpha value is -3.05. The summed E-state index contributed by atoms with van der Waals surface area (Å²) in [5.41, 5.74) is -1.54. The summed E-state index contributed by atoms with van der Waals surface area (Å²) in [6.45, 7) is 4.18. The SMILES string of the molecule is C[C@@]1(C(=O)NC(=O)c2ccc(-c3ccc(OCC4CCN(CC5(C(F)(F)F)CCC5)CC4)nc3)c(F)c2)CCCN1. The van der Waals surface area contributed by atoms with Gasteiger partial charge in [-0.05, 0) is 89.2 Å². The molecule has 5 rings (SSSR count). The molecule has 1 atom stereocenters. The quantitative estimate of drug-likeness (QED) is 0.336. The summed E-state index contributed by atoms with van der Waals surface area (Å²) in [6, 6.07) is 7.35. The molecule has 3 fully saturated rings. The second-order valence-corrected chi connectivity index (χ2v) is 11.9. The van der Waals surface area contributed by atoms with E-state index in [1.54, 1.807) is 19.1 Å². The fourth-order valence-electron chi connectivity index (χ4n) is 5.99. The number of halogens is 4. The number of carbonyl (C=O) groups excluding carboxylic acids is 2. The second-order valence-electron chi connectivity index (χ2n) is 11.9. The molecule has 0 unspecified atom stereocenters. The van der Waals surface area contributed by atoms with Gasteiger partial charge in [-0.15, -0.1) is 0 Å². The van der Waals surface area contributed by atoms with Crippen molar-refractivity contribution in [1.29, 1.82) is 0 Å². The topological polar surface area (TPSA) is 83.6 Å². The molecule has 222 valence electrons. The zero-order chi connectivity index (χ0) is 29.3. The smallest absolute Gasteiger partial charge is 0.395 e. The Kier molecular flexibility index (Phi) is 8.39. The van der Waals surface area contributed by atoms with Gasteiger partial charge in [0.25, 0.3) is 5.91 Å². The number of nitrogens with one attached hydrogen (secondary N) is 2. The number of nitrogens with zero attached hydrogens (tertiary/aromatic N) is 2.